The van der Waals surface area contributed by atoms with Crippen molar-refractivity contribution in [3.63, 3.8) is 0 Å². The third kappa shape index (κ3) is 4.08. The number of carbonyl (C=O) groups is 1. The first kappa shape index (κ1) is 16.0. The van der Waals surface area contributed by atoms with Crippen LogP contribution in [0.15, 0.2) is 42.7 Å². The second-order valence-electron chi connectivity index (χ2n) is 5.43. The molecule has 1 atom stereocenters. The molecule has 3 N–H and O–H groups in total. The molecule has 1 aromatic carbocycles. The van der Waals surface area contributed by atoms with Gasteiger partial charge in [0.05, 0.1) is 11.4 Å². The minimum absolute atomic E-state index is 0.0486. The van der Waals surface area contributed by atoms with Crippen LogP contribution in [0.25, 0.3) is 5.69 Å². The number of rotatable bonds is 6. The molecule has 0 saturated heterocycles. The molecule has 0 spiro atoms. The molecule has 1 unspecified atom stereocenters. The van der Waals surface area contributed by atoms with Crippen molar-refractivity contribution in [1.82, 2.24) is 15.1 Å². The number of hydrogen-bond acceptors (Lipinski definition) is 3. The van der Waals surface area contributed by atoms with Crippen LogP contribution in [-0.4, -0.2) is 33.6 Å². The summed E-state index contributed by atoms with van der Waals surface area (Å²) < 4.78 is 1.70. The molecule has 2 aromatic rings. The Labute approximate surface area is 130 Å². The van der Waals surface area contributed by atoms with Gasteiger partial charge in [0, 0.05) is 25.0 Å². The van der Waals surface area contributed by atoms with Crippen LogP contribution in [0.5, 0.6) is 0 Å². The number of amides is 2. The van der Waals surface area contributed by atoms with Crippen LogP contribution in [0.1, 0.15) is 20.3 Å². The second-order valence-corrected chi connectivity index (χ2v) is 5.43. The van der Waals surface area contributed by atoms with Gasteiger partial charge in [-0.1, -0.05) is 26.0 Å². The molecule has 0 fully saturated rings. The largest absolute Gasteiger partial charge is 0.396 e. The smallest absolute Gasteiger partial charge is 0.319 e. The van der Waals surface area contributed by atoms with Gasteiger partial charge in [-0.25, -0.2) is 9.48 Å². The van der Waals surface area contributed by atoms with Crippen molar-refractivity contribution in [3.05, 3.63) is 42.7 Å². The standard InChI is InChI=1S/C16H22N4O2/c1-12(2)13(8-11-21)18-16(22)19-14-6-3-4-7-15(14)20-10-5-9-17-20/h3-7,9-10,12-13,21H,8,11H2,1-2H3,(H2,18,19,22). The number of aromatic nitrogens is 2. The van der Waals surface area contributed by atoms with Gasteiger partial charge in [-0.15, -0.1) is 0 Å². The molecular weight excluding hydrogens is 280 g/mol. The Morgan fingerprint density at radius 2 is 2.09 bits per heavy atom. The second kappa shape index (κ2) is 7.61. The maximum absolute atomic E-state index is 12.2. The molecule has 1 aromatic heterocycles. The fourth-order valence-corrected chi connectivity index (χ4v) is 2.23. The fourth-order valence-electron chi connectivity index (χ4n) is 2.23. The van der Waals surface area contributed by atoms with Crippen LogP contribution in [0.2, 0.25) is 0 Å². The quantitative estimate of drug-likeness (QED) is 0.766. The van der Waals surface area contributed by atoms with E-state index in [2.05, 4.69) is 15.7 Å². The lowest BCUT2D eigenvalue weighted by atomic mass is 10.0. The van der Waals surface area contributed by atoms with E-state index in [1.54, 1.807) is 10.9 Å². The Kier molecular flexibility index (Phi) is 5.55. The Hall–Kier alpha value is -2.34. The van der Waals surface area contributed by atoms with Crippen LogP contribution < -0.4 is 10.6 Å². The maximum atomic E-state index is 12.2. The van der Waals surface area contributed by atoms with Gasteiger partial charge in [0.2, 0.25) is 0 Å². The van der Waals surface area contributed by atoms with E-state index in [0.29, 0.717) is 12.1 Å². The molecule has 6 nitrogen and oxygen atoms in total. The summed E-state index contributed by atoms with van der Waals surface area (Å²) >= 11 is 0. The lowest BCUT2D eigenvalue weighted by Gasteiger charge is -2.22. The van der Waals surface area contributed by atoms with Gasteiger partial charge in [-0.3, -0.25) is 0 Å². The van der Waals surface area contributed by atoms with Gasteiger partial charge in [-0.05, 0) is 30.5 Å². The first-order valence-corrected chi connectivity index (χ1v) is 7.39. The lowest BCUT2D eigenvalue weighted by molar-refractivity contribution is 0.227. The summed E-state index contributed by atoms with van der Waals surface area (Å²) in [6.07, 6.45) is 4.04. The van der Waals surface area contributed by atoms with Crippen molar-refractivity contribution < 1.29 is 9.90 Å². The zero-order chi connectivity index (χ0) is 15.9. The van der Waals surface area contributed by atoms with Gasteiger partial charge in [0.1, 0.15) is 0 Å². The van der Waals surface area contributed by atoms with E-state index in [4.69, 9.17) is 5.11 Å². The predicted octanol–water partition coefficient (Wildman–Crippen LogP) is 2.40. The highest BCUT2D eigenvalue weighted by Crippen LogP contribution is 2.19. The summed E-state index contributed by atoms with van der Waals surface area (Å²) in [6, 6.07) is 8.93. The first-order valence-electron chi connectivity index (χ1n) is 7.39. The first-order chi connectivity index (χ1) is 10.6. The van der Waals surface area contributed by atoms with Gasteiger partial charge in [0.25, 0.3) is 0 Å². The number of benzene rings is 1. The molecule has 0 radical (unpaired) electrons. The van der Waals surface area contributed by atoms with Gasteiger partial charge in [0.15, 0.2) is 0 Å². The van der Waals surface area contributed by atoms with Crippen molar-refractivity contribution in [2.75, 3.05) is 11.9 Å². The van der Waals surface area contributed by atoms with Crippen LogP contribution in [0.3, 0.4) is 0 Å². The van der Waals surface area contributed by atoms with E-state index in [0.717, 1.165) is 5.69 Å². The van der Waals surface area contributed by atoms with Crippen molar-refractivity contribution in [2.45, 2.75) is 26.3 Å². The summed E-state index contributed by atoms with van der Waals surface area (Å²) in [5.74, 6) is 0.249. The van der Waals surface area contributed by atoms with Crippen molar-refractivity contribution in [3.8, 4) is 5.69 Å². The molecule has 1 heterocycles. The molecule has 0 bridgehead atoms. The number of aliphatic hydroxyl groups is 1. The summed E-state index contributed by atoms with van der Waals surface area (Å²) in [5.41, 5.74) is 1.47. The topological polar surface area (TPSA) is 79.2 Å². The number of aliphatic hydroxyl groups excluding tert-OH is 1. The average Bonchev–Trinajstić information content (AvgIpc) is 3.01. The zero-order valence-corrected chi connectivity index (χ0v) is 12.9. The molecule has 22 heavy (non-hydrogen) atoms. The zero-order valence-electron chi connectivity index (χ0n) is 12.9. The molecule has 2 rings (SSSR count). The van der Waals surface area contributed by atoms with Crippen LogP contribution in [-0.2, 0) is 0 Å². The normalized spacial score (nSPS) is 12.2. The minimum atomic E-state index is -0.285. The van der Waals surface area contributed by atoms with E-state index >= 15 is 0 Å². The van der Waals surface area contributed by atoms with Gasteiger partial charge < -0.3 is 15.7 Å². The van der Waals surface area contributed by atoms with Crippen LogP contribution in [0, 0.1) is 5.92 Å². The summed E-state index contributed by atoms with van der Waals surface area (Å²) in [4.78, 5) is 12.2. The van der Waals surface area contributed by atoms with Crippen molar-refractivity contribution >= 4 is 11.7 Å². The summed E-state index contributed by atoms with van der Waals surface area (Å²) in [5, 5.41) is 19.0. The Morgan fingerprint density at radius 3 is 2.73 bits per heavy atom. The molecule has 0 aliphatic rings. The highest BCUT2D eigenvalue weighted by atomic mass is 16.3. The van der Waals surface area contributed by atoms with Crippen LogP contribution in [0.4, 0.5) is 10.5 Å². The number of urea groups is 1. The van der Waals surface area contributed by atoms with E-state index in [9.17, 15) is 4.79 Å². The predicted molar refractivity (Wildman–Crippen MR) is 86.0 cm³/mol. The molecular formula is C16H22N4O2. The number of anilines is 1. The summed E-state index contributed by atoms with van der Waals surface area (Å²) in [7, 11) is 0. The Balaban J connectivity index is 2.09. The maximum Gasteiger partial charge on any atom is 0.319 e. The molecule has 0 aliphatic heterocycles. The fraction of sp³-hybridized carbons (Fsp3) is 0.375. The van der Waals surface area contributed by atoms with E-state index < -0.39 is 0 Å². The molecule has 0 aliphatic carbocycles. The number of carbonyl (C=O) groups excluding carboxylic acids is 1. The average molecular weight is 302 g/mol. The molecule has 2 amide bonds. The monoisotopic (exact) mass is 302 g/mol. The molecule has 6 heteroatoms. The third-order valence-electron chi connectivity index (χ3n) is 3.46. The van der Waals surface area contributed by atoms with Gasteiger partial charge >= 0.3 is 6.03 Å². The highest BCUT2D eigenvalue weighted by Gasteiger charge is 2.16. The number of para-hydroxylation sites is 2. The van der Waals surface area contributed by atoms with E-state index in [1.165, 1.54) is 0 Å². The SMILES string of the molecule is CC(C)C(CCO)NC(=O)Nc1ccccc1-n1cccn1. The highest BCUT2D eigenvalue weighted by molar-refractivity contribution is 5.91. The summed E-state index contributed by atoms with van der Waals surface area (Å²) in [6.45, 7) is 4.07. The lowest BCUT2D eigenvalue weighted by Crippen LogP contribution is -2.41. The van der Waals surface area contributed by atoms with Crippen molar-refractivity contribution in [2.24, 2.45) is 5.92 Å². The third-order valence-corrected chi connectivity index (χ3v) is 3.46. The molecule has 118 valence electrons. The number of nitrogens with one attached hydrogen (secondary N) is 2. The number of hydrogen-bond donors (Lipinski definition) is 3. The van der Waals surface area contributed by atoms with E-state index in [-0.39, 0.29) is 24.6 Å². The van der Waals surface area contributed by atoms with Crippen LogP contribution >= 0.6 is 0 Å². The Bertz CT molecular complexity index is 596. The minimum Gasteiger partial charge on any atom is -0.396 e. The van der Waals surface area contributed by atoms with Crippen molar-refractivity contribution in [1.29, 1.82) is 0 Å². The number of nitrogens with zero attached hydrogens (tertiary/aromatic N) is 2. The molecule has 0 saturated carbocycles. The van der Waals surface area contributed by atoms with Gasteiger partial charge in [-0.2, -0.15) is 5.10 Å². The van der Waals surface area contributed by atoms with E-state index in [1.807, 2.05) is 50.4 Å². The Morgan fingerprint density at radius 1 is 1.32 bits per heavy atom.